The summed E-state index contributed by atoms with van der Waals surface area (Å²) in [6.45, 7) is 1.51. The number of likely N-dealkylation sites (N-methyl/N-ethyl adjacent to an activating group) is 1. The summed E-state index contributed by atoms with van der Waals surface area (Å²) in [4.78, 5) is 32.5. The molecule has 0 aromatic carbocycles. The monoisotopic (exact) mass is 331 g/mol. The molecule has 3 heterocycles. The van der Waals surface area contributed by atoms with Gasteiger partial charge in [-0.3, -0.25) is 4.79 Å². The van der Waals surface area contributed by atoms with Crippen molar-refractivity contribution < 1.29 is 19.1 Å². The summed E-state index contributed by atoms with van der Waals surface area (Å²) in [5.74, 6) is 0.290. The molecule has 1 spiro atoms. The third-order valence-electron chi connectivity index (χ3n) is 5.18. The normalized spacial score (nSPS) is 25.3. The number of aryl methyl sites for hydroxylation is 2. The lowest BCUT2D eigenvalue weighted by Gasteiger charge is -2.22. The molecule has 2 amide bonds. The molecule has 1 atom stereocenters. The number of fused-ring (bicyclic) bond motifs is 1. The maximum Gasteiger partial charge on any atom is 0.410 e. The quantitative estimate of drug-likeness (QED) is 0.815. The van der Waals surface area contributed by atoms with E-state index in [4.69, 9.17) is 9.47 Å². The minimum absolute atomic E-state index is 0.100. The van der Waals surface area contributed by atoms with Gasteiger partial charge in [-0.25, -0.2) is 9.78 Å². The number of methoxy groups -OCH3 is 1. The molecule has 0 N–H and O–H groups in total. The third-order valence-corrected chi connectivity index (χ3v) is 5.18. The third kappa shape index (κ3) is 2.30. The summed E-state index contributed by atoms with van der Waals surface area (Å²) < 4.78 is 10.9. The van der Waals surface area contributed by atoms with Crippen LogP contribution < -0.4 is 4.74 Å². The Morgan fingerprint density at radius 1 is 1.38 bits per heavy atom. The molecule has 2 aliphatic heterocycles. The van der Waals surface area contributed by atoms with Crippen LogP contribution in [0.1, 0.15) is 34.5 Å². The summed E-state index contributed by atoms with van der Waals surface area (Å²) in [6.07, 6.45) is 3.31. The first-order valence-corrected chi connectivity index (χ1v) is 8.31. The topological polar surface area (TPSA) is 72.0 Å². The Morgan fingerprint density at radius 2 is 2.21 bits per heavy atom. The van der Waals surface area contributed by atoms with Gasteiger partial charge < -0.3 is 19.3 Å². The fraction of sp³-hybridized carbons (Fsp3) is 0.588. The van der Waals surface area contributed by atoms with Crippen LogP contribution in [0.4, 0.5) is 4.79 Å². The van der Waals surface area contributed by atoms with Crippen LogP contribution in [0.15, 0.2) is 6.07 Å². The van der Waals surface area contributed by atoms with E-state index in [0.717, 1.165) is 30.5 Å². The van der Waals surface area contributed by atoms with Crippen LogP contribution in [0.25, 0.3) is 0 Å². The smallest absolute Gasteiger partial charge is 0.410 e. The van der Waals surface area contributed by atoms with Crippen molar-refractivity contribution in [1.82, 2.24) is 14.8 Å². The minimum atomic E-state index is -0.571. The van der Waals surface area contributed by atoms with Crippen molar-refractivity contribution in [2.75, 3.05) is 33.8 Å². The van der Waals surface area contributed by atoms with E-state index in [1.807, 2.05) is 6.07 Å². The molecule has 7 nitrogen and oxygen atoms in total. The van der Waals surface area contributed by atoms with Crippen LogP contribution in [0, 0.1) is 0 Å². The van der Waals surface area contributed by atoms with Crippen molar-refractivity contribution in [2.45, 2.75) is 31.3 Å². The first-order valence-electron chi connectivity index (χ1n) is 8.31. The molecule has 1 aromatic heterocycles. The van der Waals surface area contributed by atoms with Crippen LogP contribution in [0.3, 0.4) is 0 Å². The average molecular weight is 331 g/mol. The van der Waals surface area contributed by atoms with E-state index in [-0.39, 0.29) is 12.0 Å². The van der Waals surface area contributed by atoms with Crippen molar-refractivity contribution in [1.29, 1.82) is 0 Å². The number of nitrogens with zero attached hydrogens (tertiary/aromatic N) is 3. The zero-order chi connectivity index (χ0) is 16.9. The Morgan fingerprint density at radius 3 is 2.92 bits per heavy atom. The highest BCUT2D eigenvalue weighted by atomic mass is 16.6. The minimum Gasteiger partial charge on any atom is -0.480 e. The summed E-state index contributed by atoms with van der Waals surface area (Å²) in [5, 5.41) is 0. The highest BCUT2D eigenvalue weighted by Crippen LogP contribution is 2.34. The van der Waals surface area contributed by atoms with Crippen LogP contribution in [-0.2, 0) is 17.6 Å². The number of aromatic nitrogens is 1. The number of hydrogen-bond acceptors (Lipinski definition) is 5. The first-order chi connectivity index (χ1) is 11.5. The molecule has 2 saturated heterocycles. The largest absolute Gasteiger partial charge is 0.480 e. The van der Waals surface area contributed by atoms with Crippen molar-refractivity contribution >= 4 is 12.0 Å². The van der Waals surface area contributed by atoms with Gasteiger partial charge in [0, 0.05) is 25.7 Å². The number of hydrogen-bond donors (Lipinski definition) is 0. The predicted molar refractivity (Wildman–Crippen MR) is 85.2 cm³/mol. The standard InChI is InChI=1S/C17H21N3O4/c1-19-9-17(24-16(19)22)6-7-20(10-17)15(21)12-8-11-4-3-5-13(11)18-14(12)23-2/h8H,3-7,9-10H2,1-2H3/t17-/m0/s1. The molecule has 24 heavy (non-hydrogen) atoms. The van der Waals surface area contributed by atoms with Gasteiger partial charge in [-0.1, -0.05) is 0 Å². The fourth-order valence-electron chi connectivity index (χ4n) is 3.95. The van der Waals surface area contributed by atoms with Gasteiger partial charge in [-0.05, 0) is 30.9 Å². The van der Waals surface area contributed by atoms with Gasteiger partial charge in [0.15, 0.2) is 5.60 Å². The summed E-state index contributed by atoms with van der Waals surface area (Å²) in [5.41, 5.74) is 2.11. The molecule has 128 valence electrons. The zero-order valence-corrected chi connectivity index (χ0v) is 14.0. The Balaban J connectivity index is 1.58. The number of pyridine rings is 1. The van der Waals surface area contributed by atoms with E-state index < -0.39 is 5.60 Å². The molecule has 0 bridgehead atoms. The van der Waals surface area contributed by atoms with E-state index in [1.165, 1.54) is 0 Å². The number of ether oxygens (including phenoxy) is 2. The van der Waals surface area contributed by atoms with E-state index in [1.54, 1.807) is 24.0 Å². The lowest BCUT2D eigenvalue weighted by molar-refractivity contribution is 0.0551. The Bertz CT molecular complexity index is 720. The SMILES string of the molecule is COc1nc2c(cc1C(=O)N1CC[C@]3(CN(C)C(=O)O3)C1)CCC2. The molecule has 2 fully saturated rings. The number of carbonyl (C=O) groups excluding carboxylic acids is 2. The molecule has 4 rings (SSSR count). The molecule has 0 radical (unpaired) electrons. The first kappa shape index (κ1) is 15.2. The van der Waals surface area contributed by atoms with E-state index in [2.05, 4.69) is 4.98 Å². The maximum atomic E-state index is 13.0. The van der Waals surface area contributed by atoms with Gasteiger partial charge in [-0.15, -0.1) is 0 Å². The van der Waals surface area contributed by atoms with Gasteiger partial charge in [0.25, 0.3) is 5.91 Å². The molecule has 1 aromatic rings. The number of carbonyl (C=O) groups is 2. The van der Waals surface area contributed by atoms with Crippen molar-refractivity contribution in [3.63, 3.8) is 0 Å². The number of amides is 2. The summed E-state index contributed by atoms with van der Waals surface area (Å²) in [7, 11) is 3.26. The molecular weight excluding hydrogens is 310 g/mol. The maximum absolute atomic E-state index is 13.0. The Hall–Kier alpha value is -2.31. The lowest BCUT2D eigenvalue weighted by atomic mass is 10.0. The second-order valence-corrected chi connectivity index (χ2v) is 6.89. The van der Waals surface area contributed by atoms with E-state index in [0.29, 0.717) is 37.5 Å². The molecular formula is C17H21N3O4. The van der Waals surface area contributed by atoms with Crippen LogP contribution >= 0.6 is 0 Å². The van der Waals surface area contributed by atoms with E-state index in [9.17, 15) is 9.59 Å². The summed E-state index contributed by atoms with van der Waals surface area (Å²) >= 11 is 0. The summed E-state index contributed by atoms with van der Waals surface area (Å²) in [6, 6.07) is 1.92. The average Bonchev–Trinajstić information content (AvgIpc) is 3.25. The van der Waals surface area contributed by atoms with E-state index >= 15 is 0 Å². The zero-order valence-electron chi connectivity index (χ0n) is 14.0. The van der Waals surface area contributed by atoms with Crippen LogP contribution in [0.5, 0.6) is 5.88 Å². The van der Waals surface area contributed by atoms with Gasteiger partial charge in [0.05, 0.1) is 20.2 Å². The molecule has 3 aliphatic rings. The molecule has 1 aliphatic carbocycles. The molecule has 0 saturated carbocycles. The predicted octanol–water partition coefficient (Wildman–Crippen LogP) is 1.25. The van der Waals surface area contributed by atoms with Gasteiger partial charge in [0.1, 0.15) is 5.56 Å². The number of rotatable bonds is 2. The van der Waals surface area contributed by atoms with Crippen molar-refractivity contribution in [3.8, 4) is 5.88 Å². The van der Waals surface area contributed by atoms with Crippen molar-refractivity contribution in [3.05, 3.63) is 22.9 Å². The second-order valence-electron chi connectivity index (χ2n) is 6.89. The highest BCUT2D eigenvalue weighted by Gasteiger charge is 2.49. The molecule has 7 heteroatoms. The molecule has 0 unspecified atom stereocenters. The lowest BCUT2D eigenvalue weighted by Crippen LogP contribution is -2.39. The van der Waals surface area contributed by atoms with Gasteiger partial charge in [-0.2, -0.15) is 0 Å². The number of likely N-dealkylation sites (tertiary alicyclic amines) is 1. The van der Waals surface area contributed by atoms with Gasteiger partial charge >= 0.3 is 6.09 Å². The van der Waals surface area contributed by atoms with Gasteiger partial charge in [0.2, 0.25) is 5.88 Å². The van der Waals surface area contributed by atoms with Crippen LogP contribution in [-0.4, -0.2) is 66.2 Å². The Labute approximate surface area is 140 Å². The fourth-order valence-corrected chi connectivity index (χ4v) is 3.95. The van der Waals surface area contributed by atoms with Crippen LogP contribution in [0.2, 0.25) is 0 Å². The Kier molecular flexibility index (Phi) is 3.40. The highest BCUT2D eigenvalue weighted by molar-refractivity contribution is 5.97. The van der Waals surface area contributed by atoms with Crippen molar-refractivity contribution in [2.24, 2.45) is 0 Å². The second kappa shape index (κ2) is 5.36.